The first-order chi connectivity index (χ1) is 25.8. The smallest absolute Gasteiger partial charge is 0.407 e. The Morgan fingerprint density at radius 3 is 2.17 bits per heavy atom. The van der Waals surface area contributed by atoms with Crippen molar-refractivity contribution in [1.29, 1.82) is 0 Å². The molecular formula is C35H27F2N7O5S4. The van der Waals surface area contributed by atoms with E-state index in [1.54, 1.807) is 5.51 Å². The van der Waals surface area contributed by atoms with Crippen molar-refractivity contribution in [2.24, 2.45) is 5.16 Å². The van der Waals surface area contributed by atoms with Crippen LogP contribution in [0.4, 0.5) is 13.9 Å². The summed E-state index contributed by atoms with van der Waals surface area (Å²) in [4.78, 5) is 49.3. The predicted molar refractivity (Wildman–Crippen MR) is 199 cm³/mol. The first kappa shape index (κ1) is 36.2. The van der Waals surface area contributed by atoms with E-state index in [0.717, 1.165) is 32.9 Å². The predicted octanol–water partition coefficient (Wildman–Crippen LogP) is 5.87. The maximum Gasteiger partial charge on any atom is 0.407 e. The first-order valence-electron chi connectivity index (χ1n) is 15.8. The molecule has 12 nitrogen and oxygen atoms in total. The summed E-state index contributed by atoms with van der Waals surface area (Å²) in [5, 5.41) is 28.4. The van der Waals surface area contributed by atoms with E-state index >= 15 is 0 Å². The molecule has 4 heterocycles. The summed E-state index contributed by atoms with van der Waals surface area (Å²) in [7, 11) is 0. The third kappa shape index (κ3) is 7.39. The molecule has 2 aromatic heterocycles. The van der Waals surface area contributed by atoms with Gasteiger partial charge in [-0.25, -0.2) is 9.78 Å². The van der Waals surface area contributed by atoms with Gasteiger partial charge in [-0.05, 0) is 22.3 Å². The molecule has 53 heavy (non-hydrogen) atoms. The molecule has 0 aliphatic carbocycles. The molecule has 3 aromatic carbocycles. The minimum atomic E-state index is -3.34. The van der Waals surface area contributed by atoms with E-state index in [0.29, 0.717) is 15.0 Å². The maximum absolute atomic E-state index is 13.7. The topological polar surface area (TPSA) is 159 Å². The monoisotopic (exact) mass is 791 g/mol. The summed E-state index contributed by atoms with van der Waals surface area (Å²) in [6.45, 7) is -3.34. The molecule has 7 rings (SSSR count). The Kier molecular flexibility index (Phi) is 10.8. The molecule has 1 saturated heterocycles. The molecule has 2 aliphatic heterocycles. The number of halogens is 2. The number of hydrogen-bond donors (Lipinski definition) is 3. The number of fused-ring (bicyclic) bond motifs is 1. The highest BCUT2D eigenvalue weighted by molar-refractivity contribution is 8.01. The number of thiazole rings is 1. The zero-order chi connectivity index (χ0) is 37.0. The molecule has 1 unspecified atom stereocenters. The molecule has 3 N–H and O–H groups in total. The van der Waals surface area contributed by atoms with Crippen molar-refractivity contribution in [1.82, 2.24) is 25.4 Å². The van der Waals surface area contributed by atoms with Gasteiger partial charge >= 0.3 is 12.6 Å². The van der Waals surface area contributed by atoms with Gasteiger partial charge in [0.05, 0.1) is 0 Å². The van der Waals surface area contributed by atoms with Gasteiger partial charge in [0.15, 0.2) is 15.2 Å². The van der Waals surface area contributed by atoms with Crippen LogP contribution in [0.1, 0.15) is 22.4 Å². The van der Waals surface area contributed by atoms with Crippen LogP contribution in [-0.4, -0.2) is 78.2 Å². The van der Waals surface area contributed by atoms with Gasteiger partial charge in [-0.15, -0.1) is 33.3 Å². The van der Waals surface area contributed by atoms with Gasteiger partial charge in [-0.1, -0.05) is 119 Å². The number of hydrogen-bond acceptors (Lipinski definition) is 13. The van der Waals surface area contributed by atoms with Gasteiger partial charge in [-0.3, -0.25) is 14.5 Å². The van der Waals surface area contributed by atoms with E-state index in [1.807, 2.05) is 91.0 Å². The number of aromatic nitrogens is 3. The van der Waals surface area contributed by atoms with Crippen LogP contribution >= 0.6 is 46.2 Å². The van der Waals surface area contributed by atoms with E-state index in [9.17, 15) is 28.3 Å². The number of oxime groups is 1. The van der Waals surface area contributed by atoms with Crippen LogP contribution in [0, 0.1) is 0 Å². The number of carbonyl (C=O) groups is 3. The summed E-state index contributed by atoms with van der Waals surface area (Å²) in [5.74, 6) is -2.40. The van der Waals surface area contributed by atoms with Gasteiger partial charge < -0.3 is 20.6 Å². The van der Waals surface area contributed by atoms with Gasteiger partial charge in [0, 0.05) is 16.9 Å². The fraction of sp³-hybridized carbons (Fsp3) is 0.171. The molecule has 1 fully saturated rings. The van der Waals surface area contributed by atoms with Crippen LogP contribution in [0.25, 0.3) is 0 Å². The number of carbonyl (C=O) groups excluding carboxylic acids is 2. The minimum Gasteiger partial charge on any atom is -0.477 e. The lowest BCUT2D eigenvalue weighted by Gasteiger charge is -2.49. The molecule has 0 bridgehead atoms. The van der Waals surface area contributed by atoms with Gasteiger partial charge in [0.1, 0.15) is 33.9 Å². The molecule has 2 amide bonds. The Bertz CT molecular complexity index is 2060. The standard InChI is InChI=1S/C35H27F2N7O5S4/c36-32(37)49-43-25(28(45)40-26-29(46)44-27(31(47)48)20(16-50-30(26)44)17-52-34-42-38-19-53-34)24-18-51-33(39-24)41-35(21-10-4-1-5-11-21,22-12-6-2-7-13-22)23-14-8-3-9-15-23/h1-15,18-19,26,30,32H,16-17H2,(H,39,41)(H,40,45)(H,47,48)/t26?,30-/m0/s1. The summed E-state index contributed by atoms with van der Waals surface area (Å²) in [5.41, 5.74) is 2.93. The molecule has 2 atom stereocenters. The average Bonchev–Trinajstić information content (AvgIpc) is 3.88. The fourth-order valence-electron chi connectivity index (χ4n) is 6.06. The zero-order valence-electron chi connectivity index (χ0n) is 27.2. The summed E-state index contributed by atoms with van der Waals surface area (Å²) >= 11 is 5.01. The zero-order valence-corrected chi connectivity index (χ0v) is 30.4. The van der Waals surface area contributed by atoms with Crippen LogP contribution in [0.15, 0.2) is 123 Å². The van der Waals surface area contributed by atoms with Crippen molar-refractivity contribution in [2.45, 2.75) is 27.9 Å². The lowest BCUT2D eigenvalue weighted by Crippen LogP contribution is -2.71. The van der Waals surface area contributed by atoms with Gasteiger partial charge in [-0.2, -0.15) is 8.78 Å². The van der Waals surface area contributed by atoms with Crippen molar-refractivity contribution in [3.63, 3.8) is 0 Å². The van der Waals surface area contributed by atoms with E-state index in [4.69, 9.17) is 0 Å². The number of carboxylic acid groups (broad SMARTS) is 1. The number of carboxylic acids is 1. The lowest BCUT2D eigenvalue weighted by molar-refractivity contribution is -0.150. The second-order valence-corrected chi connectivity index (χ2v) is 15.4. The van der Waals surface area contributed by atoms with E-state index < -0.39 is 47.1 Å². The van der Waals surface area contributed by atoms with Crippen LogP contribution in [0.3, 0.4) is 0 Å². The molecule has 5 aromatic rings. The molecule has 270 valence electrons. The van der Waals surface area contributed by atoms with Crippen molar-refractivity contribution < 1.29 is 33.1 Å². The Labute approximate surface area is 317 Å². The number of nitrogens with zero attached hydrogens (tertiary/aromatic N) is 5. The Morgan fingerprint density at radius 1 is 1.00 bits per heavy atom. The highest BCUT2D eigenvalue weighted by Gasteiger charge is 2.54. The number of thioether (sulfide) groups is 2. The maximum atomic E-state index is 13.7. The quantitative estimate of drug-likeness (QED) is 0.0406. The van der Waals surface area contributed by atoms with Crippen molar-refractivity contribution in [3.05, 3.63) is 136 Å². The third-order valence-electron chi connectivity index (χ3n) is 8.35. The number of anilines is 1. The normalized spacial score (nSPS) is 17.3. The number of alkyl halides is 2. The lowest BCUT2D eigenvalue weighted by atomic mass is 9.77. The van der Waals surface area contributed by atoms with Crippen LogP contribution in [0.5, 0.6) is 0 Å². The van der Waals surface area contributed by atoms with Gasteiger partial charge in [0.25, 0.3) is 11.8 Å². The number of benzene rings is 3. The largest absolute Gasteiger partial charge is 0.477 e. The van der Waals surface area contributed by atoms with E-state index in [-0.39, 0.29) is 22.9 Å². The molecule has 2 aliphatic rings. The third-order valence-corrected chi connectivity index (χ3v) is 12.4. The number of rotatable bonds is 14. The average molecular weight is 792 g/mol. The molecular weight excluding hydrogens is 765 g/mol. The molecule has 0 radical (unpaired) electrons. The number of β-lactam (4-membered cyclic amide) rings is 1. The fourth-order valence-corrected chi connectivity index (χ4v) is 9.78. The van der Waals surface area contributed by atoms with Gasteiger partial charge in [0.2, 0.25) is 0 Å². The van der Waals surface area contributed by atoms with Crippen LogP contribution in [0.2, 0.25) is 0 Å². The van der Waals surface area contributed by atoms with E-state index in [2.05, 4.69) is 35.8 Å². The minimum absolute atomic E-state index is 0.0826. The van der Waals surface area contributed by atoms with Crippen LogP contribution < -0.4 is 10.6 Å². The van der Waals surface area contributed by atoms with Crippen molar-refractivity contribution in [3.8, 4) is 0 Å². The van der Waals surface area contributed by atoms with Crippen LogP contribution in [-0.2, 0) is 24.8 Å². The highest BCUT2D eigenvalue weighted by atomic mass is 32.2. The second kappa shape index (κ2) is 15.8. The number of aliphatic carboxylic acids is 1. The Balaban J connectivity index is 1.16. The summed E-state index contributed by atoms with van der Waals surface area (Å²) in [6.07, 6.45) is 0. The van der Waals surface area contributed by atoms with E-state index in [1.165, 1.54) is 40.2 Å². The summed E-state index contributed by atoms with van der Waals surface area (Å²) in [6, 6.07) is 28.0. The second-order valence-electron chi connectivity index (χ2n) is 11.4. The van der Waals surface area contributed by atoms with Crippen molar-refractivity contribution in [2.75, 3.05) is 16.8 Å². The number of amides is 2. The Hall–Kier alpha value is -5.17. The Morgan fingerprint density at radius 2 is 1.62 bits per heavy atom. The molecule has 0 spiro atoms. The highest BCUT2D eigenvalue weighted by Crippen LogP contribution is 2.43. The molecule has 18 heteroatoms. The SMILES string of the molecule is O=C(O)C1=C(CSc2nncs2)CS[C@H]2C(NC(=O)C(=NOC(F)F)c3csc(NC(c4ccccc4)(c4ccccc4)c4ccccc4)n3)C(=O)N12. The summed E-state index contributed by atoms with van der Waals surface area (Å²) < 4.78 is 27.2. The number of nitrogens with one attached hydrogen (secondary N) is 2. The van der Waals surface area contributed by atoms with Crippen molar-refractivity contribution >= 4 is 74.8 Å². The first-order valence-corrected chi connectivity index (χ1v) is 19.6. The molecule has 0 saturated carbocycles.